The Morgan fingerprint density at radius 2 is 1.88 bits per heavy atom. The number of hydrogen-bond acceptors (Lipinski definition) is 5. The summed E-state index contributed by atoms with van der Waals surface area (Å²) in [6, 6.07) is 9.15. The minimum absolute atomic E-state index is 0.0435. The standard InChI is InChI=1S/C26H37N3O4S/c1-3-4-8-14-27-23(32)21-26-13-12-25(2,34-26)19(20(26)24(33)29(21)15-9-16-30)22(31)28-17-18-10-6-5-7-11-18/h5-7,10-11,19-21,30H,3-4,8-9,12-17H2,1-2H3,(H,27,32)(H,28,31)/t19-,20+,21?,25+,26?/m1/s1. The minimum Gasteiger partial charge on any atom is -0.396 e. The number of hydrogen-bond donors (Lipinski definition) is 3. The molecule has 186 valence electrons. The van der Waals surface area contributed by atoms with Crippen LogP contribution >= 0.6 is 11.8 Å². The molecule has 0 saturated carbocycles. The van der Waals surface area contributed by atoms with Crippen LogP contribution in [0.5, 0.6) is 0 Å². The van der Waals surface area contributed by atoms with Crippen LogP contribution in [0.1, 0.15) is 57.9 Å². The molecule has 2 bridgehead atoms. The third-order valence-corrected chi connectivity index (χ3v) is 9.74. The zero-order chi connectivity index (χ0) is 24.3. The normalized spacial score (nSPS) is 31.6. The van der Waals surface area contributed by atoms with E-state index in [0.717, 1.165) is 37.7 Å². The maximum Gasteiger partial charge on any atom is 0.244 e. The molecule has 3 aliphatic heterocycles. The van der Waals surface area contributed by atoms with Crippen LogP contribution in [-0.4, -0.2) is 63.0 Å². The molecule has 3 saturated heterocycles. The van der Waals surface area contributed by atoms with Crippen molar-refractivity contribution in [1.29, 1.82) is 0 Å². The number of carbonyl (C=O) groups excluding carboxylic acids is 3. The Labute approximate surface area is 206 Å². The van der Waals surface area contributed by atoms with Crippen molar-refractivity contribution >= 4 is 29.5 Å². The first-order valence-electron chi connectivity index (χ1n) is 12.6. The first kappa shape index (κ1) is 25.0. The van der Waals surface area contributed by atoms with Crippen molar-refractivity contribution < 1.29 is 19.5 Å². The number of thioether (sulfide) groups is 1. The third-order valence-electron chi connectivity index (χ3n) is 7.75. The van der Waals surface area contributed by atoms with E-state index in [2.05, 4.69) is 24.5 Å². The lowest BCUT2D eigenvalue weighted by Crippen LogP contribution is -2.54. The summed E-state index contributed by atoms with van der Waals surface area (Å²) in [5.41, 5.74) is 1.01. The Kier molecular flexibility index (Phi) is 7.57. The summed E-state index contributed by atoms with van der Waals surface area (Å²) in [5, 5.41) is 15.6. The maximum atomic E-state index is 13.8. The van der Waals surface area contributed by atoms with Gasteiger partial charge in [-0.15, -0.1) is 11.8 Å². The van der Waals surface area contributed by atoms with E-state index < -0.39 is 22.6 Å². The van der Waals surface area contributed by atoms with E-state index in [1.165, 1.54) is 0 Å². The molecule has 1 aromatic rings. The Bertz CT molecular complexity index is 913. The number of unbranched alkanes of at least 4 members (excludes halogenated alkanes) is 2. The molecule has 5 atom stereocenters. The first-order valence-corrected chi connectivity index (χ1v) is 13.4. The molecule has 7 nitrogen and oxygen atoms in total. The maximum absolute atomic E-state index is 13.8. The number of aliphatic hydroxyl groups excluding tert-OH is 1. The molecule has 3 N–H and O–H groups in total. The zero-order valence-electron chi connectivity index (χ0n) is 20.2. The number of nitrogens with one attached hydrogen (secondary N) is 2. The van der Waals surface area contributed by atoms with Crippen LogP contribution in [-0.2, 0) is 20.9 Å². The van der Waals surface area contributed by atoms with E-state index in [4.69, 9.17) is 0 Å². The van der Waals surface area contributed by atoms with Gasteiger partial charge < -0.3 is 20.6 Å². The first-order chi connectivity index (χ1) is 16.4. The van der Waals surface area contributed by atoms with Crippen LogP contribution in [0.4, 0.5) is 0 Å². The highest BCUT2D eigenvalue weighted by Crippen LogP contribution is 2.71. The Morgan fingerprint density at radius 3 is 2.59 bits per heavy atom. The summed E-state index contributed by atoms with van der Waals surface area (Å²) in [4.78, 5) is 42.4. The number of aliphatic hydroxyl groups is 1. The van der Waals surface area contributed by atoms with Gasteiger partial charge in [0.2, 0.25) is 17.7 Å². The largest absolute Gasteiger partial charge is 0.396 e. The van der Waals surface area contributed by atoms with Gasteiger partial charge in [0, 0.05) is 31.0 Å². The lowest BCUT2D eigenvalue weighted by Gasteiger charge is -2.34. The fourth-order valence-corrected chi connectivity index (χ4v) is 8.54. The van der Waals surface area contributed by atoms with E-state index in [1.807, 2.05) is 30.3 Å². The summed E-state index contributed by atoms with van der Waals surface area (Å²) in [5.74, 6) is -1.33. The molecule has 4 rings (SSSR count). The molecule has 3 amide bonds. The van der Waals surface area contributed by atoms with Crippen molar-refractivity contribution in [2.45, 2.75) is 74.5 Å². The van der Waals surface area contributed by atoms with Crippen LogP contribution in [0, 0.1) is 11.8 Å². The van der Waals surface area contributed by atoms with Gasteiger partial charge in [0.05, 0.1) is 16.6 Å². The Balaban J connectivity index is 1.58. The Hall–Kier alpha value is -2.06. The summed E-state index contributed by atoms with van der Waals surface area (Å²) in [6.45, 7) is 5.50. The van der Waals surface area contributed by atoms with E-state index in [0.29, 0.717) is 26.1 Å². The molecule has 0 aliphatic carbocycles. The SMILES string of the molecule is CCCCCNC(=O)C1N(CCCO)C(=O)[C@@H]2[C@H](C(=O)NCc3ccccc3)[C@]3(C)CCC12S3. The predicted octanol–water partition coefficient (Wildman–Crippen LogP) is 2.47. The number of benzene rings is 1. The van der Waals surface area contributed by atoms with Crippen molar-refractivity contribution in [3.8, 4) is 0 Å². The molecular weight excluding hydrogens is 450 g/mol. The number of rotatable bonds is 11. The number of likely N-dealkylation sites (tertiary alicyclic amines) is 1. The highest BCUT2D eigenvalue weighted by molar-refractivity contribution is 8.02. The summed E-state index contributed by atoms with van der Waals surface area (Å²) in [6.07, 6.45) is 4.99. The molecule has 3 heterocycles. The van der Waals surface area contributed by atoms with Crippen molar-refractivity contribution in [3.63, 3.8) is 0 Å². The monoisotopic (exact) mass is 487 g/mol. The topological polar surface area (TPSA) is 98.7 Å². The van der Waals surface area contributed by atoms with Crippen molar-refractivity contribution in [3.05, 3.63) is 35.9 Å². The Morgan fingerprint density at radius 1 is 1.12 bits per heavy atom. The smallest absolute Gasteiger partial charge is 0.244 e. The second-order valence-electron chi connectivity index (χ2n) is 10.0. The highest BCUT2D eigenvalue weighted by Gasteiger charge is 2.76. The number of amides is 3. The van der Waals surface area contributed by atoms with E-state index in [-0.39, 0.29) is 29.1 Å². The molecule has 1 spiro atoms. The van der Waals surface area contributed by atoms with Crippen molar-refractivity contribution in [2.75, 3.05) is 19.7 Å². The quantitative estimate of drug-likeness (QED) is 0.417. The minimum atomic E-state index is -0.600. The van der Waals surface area contributed by atoms with Gasteiger partial charge in [0.1, 0.15) is 6.04 Å². The van der Waals surface area contributed by atoms with Gasteiger partial charge in [-0.3, -0.25) is 14.4 Å². The van der Waals surface area contributed by atoms with Gasteiger partial charge in [-0.2, -0.15) is 0 Å². The summed E-state index contributed by atoms with van der Waals surface area (Å²) < 4.78 is -0.963. The molecule has 3 fully saturated rings. The fourth-order valence-electron chi connectivity index (χ4n) is 6.19. The molecule has 8 heteroatoms. The molecule has 1 aromatic carbocycles. The number of fused-ring (bicyclic) bond motifs is 1. The molecular formula is C26H37N3O4S. The van der Waals surface area contributed by atoms with Gasteiger partial charge in [0.15, 0.2) is 0 Å². The molecule has 0 aromatic heterocycles. The summed E-state index contributed by atoms with van der Waals surface area (Å²) >= 11 is 1.68. The molecule has 2 unspecified atom stereocenters. The van der Waals surface area contributed by atoms with Crippen molar-refractivity contribution in [1.82, 2.24) is 15.5 Å². The third kappa shape index (κ3) is 4.35. The van der Waals surface area contributed by atoms with Gasteiger partial charge >= 0.3 is 0 Å². The van der Waals surface area contributed by atoms with Crippen LogP contribution in [0.3, 0.4) is 0 Å². The zero-order valence-corrected chi connectivity index (χ0v) is 21.0. The molecule has 0 radical (unpaired) electrons. The predicted molar refractivity (Wildman–Crippen MR) is 133 cm³/mol. The van der Waals surface area contributed by atoms with Crippen LogP contribution in [0.2, 0.25) is 0 Å². The number of nitrogens with zero attached hydrogens (tertiary/aromatic N) is 1. The van der Waals surface area contributed by atoms with Crippen LogP contribution in [0.15, 0.2) is 30.3 Å². The van der Waals surface area contributed by atoms with E-state index in [9.17, 15) is 19.5 Å². The average molecular weight is 488 g/mol. The number of carbonyl (C=O) groups is 3. The van der Waals surface area contributed by atoms with Crippen LogP contribution < -0.4 is 10.6 Å². The van der Waals surface area contributed by atoms with E-state index >= 15 is 0 Å². The lowest BCUT2D eigenvalue weighted by molar-refractivity contribution is -0.140. The van der Waals surface area contributed by atoms with Crippen molar-refractivity contribution in [2.24, 2.45) is 11.8 Å². The van der Waals surface area contributed by atoms with Gasteiger partial charge in [0.25, 0.3) is 0 Å². The fraction of sp³-hybridized carbons (Fsp3) is 0.654. The van der Waals surface area contributed by atoms with Crippen LogP contribution in [0.25, 0.3) is 0 Å². The van der Waals surface area contributed by atoms with Gasteiger partial charge in [-0.05, 0) is 38.2 Å². The second kappa shape index (κ2) is 10.3. The lowest BCUT2D eigenvalue weighted by atomic mass is 9.66. The van der Waals surface area contributed by atoms with Gasteiger partial charge in [-0.25, -0.2) is 0 Å². The summed E-state index contributed by atoms with van der Waals surface area (Å²) in [7, 11) is 0. The molecule has 3 aliphatic rings. The highest BCUT2D eigenvalue weighted by atomic mass is 32.2. The van der Waals surface area contributed by atoms with E-state index in [1.54, 1.807) is 16.7 Å². The molecule has 34 heavy (non-hydrogen) atoms. The second-order valence-corrected chi connectivity index (χ2v) is 11.9. The van der Waals surface area contributed by atoms with Gasteiger partial charge in [-0.1, -0.05) is 50.1 Å². The average Bonchev–Trinajstić information content (AvgIpc) is 3.40.